The van der Waals surface area contributed by atoms with Gasteiger partial charge in [-0.05, 0) is 96.3 Å². The summed E-state index contributed by atoms with van der Waals surface area (Å²) in [5.41, 5.74) is 0. The van der Waals surface area contributed by atoms with Gasteiger partial charge in [0.05, 0.1) is 0 Å². The van der Waals surface area contributed by atoms with Gasteiger partial charge in [0, 0.05) is 19.3 Å². The molecule has 0 aliphatic heterocycles. The number of hydrogen-bond acceptors (Lipinski definition) is 6. The smallest absolute Gasteiger partial charge is 0.306 e. The Labute approximate surface area is 452 Å². The van der Waals surface area contributed by atoms with Crippen LogP contribution >= 0.6 is 0 Å². The minimum atomic E-state index is -0.775. The first-order valence-electron chi connectivity index (χ1n) is 31.1. The molecule has 1 unspecified atom stereocenters. The van der Waals surface area contributed by atoms with E-state index in [-0.39, 0.29) is 31.1 Å². The minimum Gasteiger partial charge on any atom is -0.462 e. The summed E-state index contributed by atoms with van der Waals surface area (Å²) in [4.78, 5) is 37.9. The summed E-state index contributed by atoms with van der Waals surface area (Å²) in [7, 11) is 0. The summed E-state index contributed by atoms with van der Waals surface area (Å²) in [6.45, 7) is 6.46. The molecule has 420 valence electrons. The third-order valence-corrected chi connectivity index (χ3v) is 13.4. The zero-order valence-electron chi connectivity index (χ0n) is 48.1. The minimum absolute atomic E-state index is 0.0775. The average molecular weight is 1020 g/mol. The second-order valence-corrected chi connectivity index (χ2v) is 20.6. The molecule has 6 nitrogen and oxygen atoms in total. The zero-order chi connectivity index (χ0) is 52.9. The van der Waals surface area contributed by atoms with E-state index in [4.69, 9.17) is 14.2 Å². The monoisotopic (exact) mass is 1020 g/mol. The van der Waals surface area contributed by atoms with Crippen LogP contribution in [0.4, 0.5) is 0 Å². The highest BCUT2D eigenvalue weighted by molar-refractivity contribution is 5.71. The summed E-state index contributed by atoms with van der Waals surface area (Å²) in [6.07, 6.45) is 80.6. The number of ether oxygens (including phenoxy) is 3. The van der Waals surface area contributed by atoms with Crippen molar-refractivity contribution < 1.29 is 28.6 Å². The molecule has 0 spiro atoms. The van der Waals surface area contributed by atoms with Crippen LogP contribution in [-0.4, -0.2) is 37.2 Å². The first kappa shape index (κ1) is 69.6. The Kier molecular flexibility index (Phi) is 58.3. The van der Waals surface area contributed by atoms with Gasteiger partial charge in [-0.1, -0.05) is 273 Å². The maximum absolute atomic E-state index is 12.8. The molecule has 1 atom stereocenters. The Balaban J connectivity index is 4.06. The Hall–Kier alpha value is -3.41. The fraction of sp³-hybridized carbons (Fsp3) is 0.746. The van der Waals surface area contributed by atoms with E-state index >= 15 is 0 Å². The van der Waals surface area contributed by atoms with Crippen LogP contribution < -0.4 is 0 Å². The molecule has 0 amide bonds. The first-order chi connectivity index (χ1) is 36.0. The Morgan fingerprint density at radius 2 is 0.534 bits per heavy atom. The van der Waals surface area contributed by atoms with Gasteiger partial charge in [-0.3, -0.25) is 14.4 Å². The van der Waals surface area contributed by atoms with E-state index in [0.29, 0.717) is 19.3 Å². The third kappa shape index (κ3) is 59.3. The molecular weight excluding hydrogens is 901 g/mol. The molecular formula is C67H116O6. The van der Waals surface area contributed by atoms with Crippen molar-refractivity contribution in [3.05, 3.63) is 85.1 Å². The molecule has 6 heteroatoms. The summed E-state index contributed by atoms with van der Waals surface area (Å²) in [6, 6.07) is 0. The van der Waals surface area contributed by atoms with Gasteiger partial charge in [0.1, 0.15) is 13.2 Å². The summed E-state index contributed by atoms with van der Waals surface area (Å²) in [5.74, 6) is -0.889. The lowest BCUT2D eigenvalue weighted by Gasteiger charge is -2.18. The van der Waals surface area contributed by atoms with Crippen LogP contribution in [-0.2, 0) is 28.6 Å². The van der Waals surface area contributed by atoms with E-state index in [0.717, 1.165) is 103 Å². The number of carbonyl (C=O) groups excluding carboxylic acids is 3. The van der Waals surface area contributed by atoms with Crippen molar-refractivity contribution in [2.45, 2.75) is 309 Å². The maximum Gasteiger partial charge on any atom is 0.306 e. The van der Waals surface area contributed by atoms with Gasteiger partial charge in [-0.25, -0.2) is 0 Å². The predicted molar refractivity (Wildman–Crippen MR) is 316 cm³/mol. The van der Waals surface area contributed by atoms with E-state index < -0.39 is 6.10 Å². The van der Waals surface area contributed by atoms with Crippen molar-refractivity contribution >= 4 is 17.9 Å². The average Bonchev–Trinajstić information content (AvgIpc) is 3.39. The maximum atomic E-state index is 12.8. The quantitative estimate of drug-likeness (QED) is 0.0261. The van der Waals surface area contributed by atoms with Crippen LogP contribution in [0.15, 0.2) is 85.1 Å². The topological polar surface area (TPSA) is 78.9 Å². The second-order valence-electron chi connectivity index (χ2n) is 20.6. The van der Waals surface area contributed by atoms with Crippen molar-refractivity contribution in [2.24, 2.45) is 0 Å². The predicted octanol–water partition coefficient (Wildman–Crippen LogP) is 21.1. The highest BCUT2D eigenvalue weighted by Crippen LogP contribution is 2.16. The Bertz CT molecular complexity index is 1400. The van der Waals surface area contributed by atoms with Crippen molar-refractivity contribution in [2.75, 3.05) is 13.2 Å². The lowest BCUT2D eigenvalue weighted by atomic mass is 10.0. The zero-order valence-corrected chi connectivity index (χ0v) is 48.1. The van der Waals surface area contributed by atoms with E-state index in [1.807, 2.05) is 0 Å². The largest absolute Gasteiger partial charge is 0.462 e. The standard InChI is InChI=1S/C67H116O6/c1-4-7-10-13-15-17-19-21-23-25-27-29-30-31-32-33-34-35-36-38-39-41-43-45-47-49-51-54-57-60-66(69)72-63-64(62-71-65(68)59-56-53-12-9-6-3)73-67(70)61-58-55-52-50-48-46-44-42-40-37-28-26-24-22-20-18-16-14-11-8-5-2/h7,10,15,17,21,23,26-29,31-32,34-35,64H,4-6,8-9,11-14,16,18-20,22,24-25,30,33,36-63H2,1-3H3/b10-7-,17-15-,23-21-,28-26-,29-27-,32-31-,35-34-. The molecule has 0 saturated heterocycles. The Morgan fingerprint density at radius 3 is 0.849 bits per heavy atom. The molecule has 0 bridgehead atoms. The molecule has 0 N–H and O–H groups in total. The van der Waals surface area contributed by atoms with Crippen LogP contribution in [0, 0.1) is 0 Å². The van der Waals surface area contributed by atoms with Gasteiger partial charge < -0.3 is 14.2 Å². The van der Waals surface area contributed by atoms with Crippen LogP contribution in [0.3, 0.4) is 0 Å². The van der Waals surface area contributed by atoms with Crippen LogP contribution in [0.25, 0.3) is 0 Å². The van der Waals surface area contributed by atoms with Crippen molar-refractivity contribution in [1.82, 2.24) is 0 Å². The molecule has 0 aromatic carbocycles. The van der Waals surface area contributed by atoms with Crippen molar-refractivity contribution in [1.29, 1.82) is 0 Å². The lowest BCUT2D eigenvalue weighted by molar-refractivity contribution is -0.167. The van der Waals surface area contributed by atoms with E-state index in [1.54, 1.807) is 0 Å². The summed E-state index contributed by atoms with van der Waals surface area (Å²) >= 11 is 0. The van der Waals surface area contributed by atoms with Gasteiger partial charge in [0.25, 0.3) is 0 Å². The van der Waals surface area contributed by atoms with Crippen molar-refractivity contribution in [3.63, 3.8) is 0 Å². The van der Waals surface area contributed by atoms with E-state index in [1.165, 1.54) is 161 Å². The van der Waals surface area contributed by atoms with Crippen LogP contribution in [0.5, 0.6) is 0 Å². The van der Waals surface area contributed by atoms with E-state index in [2.05, 4.69) is 106 Å². The number of esters is 3. The fourth-order valence-electron chi connectivity index (χ4n) is 8.74. The molecule has 73 heavy (non-hydrogen) atoms. The molecule has 0 saturated carbocycles. The van der Waals surface area contributed by atoms with Crippen molar-refractivity contribution in [3.8, 4) is 0 Å². The van der Waals surface area contributed by atoms with Crippen LogP contribution in [0.1, 0.15) is 303 Å². The molecule has 0 radical (unpaired) electrons. The summed E-state index contributed by atoms with van der Waals surface area (Å²) in [5, 5.41) is 0. The number of rotatable bonds is 56. The molecule has 0 heterocycles. The normalized spacial score (nSPS) is 12.6. The second kappa shape index (κ2) is 61.1. The number of carbonyl (C=O) groups is 3. The third-order valence-electron chi connectivity index (χ3n) is 13.4. The molecule has 0 rings (SSSR count). The van der Waals surface area contributed by atoms with Gasteiger partial charge in [-0.15, -0.1) is 0 Å². The van der Waals surface area contributed by atoms with E-state index in [9.17, 15) is 14.4 Å². The molecule has 0 aromatic heterocycles. The molecule has 0 aliphatic carbocycles. The first-order valence-corrected chi connectivity index (χ1v) is 31.1. The van der Waals surface area contributed by atoms with Gasteiger partial charge in [0.2, 0.25) is 0 Å². The highest BCUT2D eigenvalue weighted by atomic mass is 16.6. The molecule has 0 fully saturated rings. The summed E-state index contributed by atoms with van der Waals surface area (Å²) < 4.78 is 16.8. The van der Waals surface area contributed by atoms with Crippen LogP contribution in [0.2, 0.25) is 0 Å². The van der Waals surface area contributed by atoms with Gasteiger partial charge >= 0.3 is 17.9 Å². The SMILES string of the molecule is CC/C=C\C/C=C\C/C=C\C/C=C\C/C=C\C/C=C\CCCCCCCCCCCCC(=O)OCC(COC(=O)CCCCCCC)OC(=O)CCCCCCCCCCC/C=C\CCCCCCCCCC. The van der Waals surface area contributed by atoms with Gasteiger partial charge in [0.15, 0.2) is 6.10 Å². The lowest BCUT2D eigenvalue weighted by Crippen LogP contribution is -2.30. The molecule has 0 aromatic rings. The highest BCUT2D eigenvalue weighted by Gasteiger charge is 2.19. The fourth-order valence-corrected chi connectivity index (χ4v) is 8.74. The number of hydrogen-bond donors (Lipinski definition) is 0. The number of unbranched alkanes of at least 4 members (excludes halogenated alkanes) is 31. The number of allylic oxidation sites excluding steroid dienone is 14. The molecule has 0 aliphatic rings. The van der Waals surface area contributed by atoms with Gasteiger partial charge in [-0.2, -0.15) is 0 Å². The Morgan fingerprint density at radius 1 is 0.288 bits per heavy atom.